The Morgan fingerprint density at radius 2 is 1.70 bits per heavy atom. The van der Waals surface area contributed by atoms with Crippen LogP contribution in [0.2, 0.25) is 5.02 Å². The van der Waals surface area contributed by atoms with Crippen LogP contribution >= 0.6 is 11.6 Å². The van der Waals surface area contributed by atoms with Crippen molar-refractivity contribution in [3.8, 4) is 0 Å². The van der Waals surface area contributed by atoms with Crippen molar-refractivity contribution in [1.82, 2.24) is 5.32 Å². The molecule has 0 bridgehead atoms. The van der Waals surface area contributed by atoms with Crippen molar-refractivity contribution in [3.05, 3.63) is 72.8 Å². The molecule has 0 fully saturated rings. The Balaban J connectivity index is 1.99. The average Bonchev–Trinajstić information content (AvgIpc) is 2.61. The zero-order valence-electron chi connectivity index (χ0n) is 13.4. The number of anilines is 1. The standard InChI is InChI=1S/C15H11ClF2N4O5/c16-10-7-12(18)11(17)6-9(10)15(23)20-4-3-19-13-2-1-8(21(24)25)5-14(13)22(26)27/h1-2,5-7,19H,3-4H2,(H,20,23). The summed E-state index contributed by atoms with van der Waals surface area (Å²) in [5.74, 6) is -3.19. The number of carbonyl (C=O) groups excluding carboxylic acids is 1. The number of nitrogens with one attached hydrogen (secondary N) is 2. The van der Waals surface area contributed by atoms with Gasteiger partial charge in [0.1, 0.15) is 5.69 Å². The highest BCUT2D eigenvalue weighted by Gasteiger charge is 2.19. The summed E-state index contributed by atoms with van der Waals surface area (Å²) in [5.41, 5.74) is -1.18. The van der Waals surface area contributed by atoms with E-state index in [1.807, 2.05) is 0 Å². The van der Waals surface area contributed by atoms with E-state index in [9.17, 15) is 33.8 Å². The third-order valence-corrected chi connectivity index (χ3v) is 3.68. The molecule has 0 atom stereocenters. The number of benzene rings is 2. The third kappa shape index (κ3) is 4.85. The van der Waals surface area contributed by atoms with E-state index in [-0.39, 0.29) is 29.4 Å². The first-order valence-corrected chi connectivity index (χ1v) is 7.68. The van der Waals surface area contributed by atoms with E-state index in [0.29, 0.717) is 12.1 Å². The molecule has 0 saturated carbocycles. The van der Waals surface area contributed by atoms with E-state index in [2.05, 4.69) is 10.6 Å². The van der Waals surface area contributed by atoms with Gasteiger partial charge in [-0.05, 0) is 18.2 Å². The molecule has 9 nitrogen and oxygen atoms in total. The highest BCUT2D eigenvalue weighted by molar-refractivity contribution is 6.33. The first-order valence-electron chi connectivity index (χ1n) is 7.30. The van der Waals surface area contributed by atoms with Gasteiger partial charge in [0.15, 0.2) is 11.6 Å². The average molecular weight is 401 g/mol. The van der Waals surface area contributed by atoms with Gasteiger partial charge in [-0.2, -0.15) is 0 Å². The van der Waals surface area contributed by atoms with Gasteiger partial charge in [0.25, 0.3) is 17.3 Å². The van der Waals surface area contributed by atoms with Crippen molar-refractivity contribution in [2.24, 2.45) is 0 Å². The van der Waals surface area contributed by atoms with Crippen molar-refractivity contribution in [1.29, 1.82) is 0 Å². The molecule has 1 amide bonds. The minimum atomic E-state index is -1.23. The molecule has 27 heavy (non-hydrogen) atoms. The van der Waals surface area contributed by atoms with Crippen molar-refractivity contribution in [2.75, 3.05) is 18.4 Å². The van der Waals surface area contributed by atoms with Gasteiger partial charge >= 0.3 is 0 Å². The van der Waals surface area contributed by atoms with Crippen LogP contribution in [0, 0.1) is 31.9 Å². The van der Waals surface area contributed by atoms with E-state index in [1.54, 1.807) is 0 Å². The van der Waals surface area contributed by atoms with Crippen LogP contribution in [0.4, 0.5) is 25.8 Å². The van der Waals surface area contributed by atoms with Gasteiger partial charge in [0, 0.05) is 19.2 Å². The molecule has 0 heterocycles. The van der Waals surface area contributed by atoms with Crippen LogP contribution in [0.15, 0.2) is 30.3 Å². The Hall–Kier alpha value is -3.34. The van der Waals surface area contributed by atoms with E-state index in [4.69, 9.17) is 11.6 Å². The summed E-state index contributed by atoms with van der Waals surface area (Å²) < 4.78 is 26.2. The molecular weight excluding hydrogens is 390 g/mol. The monoisotopic (exact) mass is 400 g/mol. The molecule has 0 aliphatic heterocycles. The van der Waals surface area contributed by atoms with Gasteiger partial charge in [0.2, 0.25) is 0 Å². The van der Waals surface area contributed by atoms with Crippen LogP contribution in [0.1, 0.15) is 10.4 Å². The summed E-state index contributed by atoms with van der Waals surface area (Å²) in [5, 5.41) is 26.5. The van der Waals surface area contributed by atoms with Crippen LogP contribution in [0.3, 0.4) is 0 Å². The number of nitro benzene ring substituents is 2. The van der Waals surface area contributed by atoms with Crippen molar-refractivity contribution in [3.63, 3.8) is 0 Å². The van der Waals surface area contributed by atoms with E-state index >= 15 is 0 Å². The van der Waals surface area contributed by atoms with Gasteiger partial charge in [0.05, 0.1) is 26.5 Å². The third-order valence-electron chi connectivity index (χ3n) is 3.37. The number of nitrogens with zero attached hydrogens (tertiary/aromatic N) is 2. The number of halogens is 3. The fourth-order valence-electron chi connectivity index (χ4n) is 2.10. The number of non-ortho nitro benzene ring substituents is 1. The molecule has 142 valence electrons. The van der Waals surface area contributed by atoms with Gasteiger partial charge in [-0.3, -0.25) is 25.0 Å². The number of hydrogen-bond donors (Lipinski definition) is 2. The van der Waals surface area contributed by atoms with Gasteiger partial charge in [-0.25, -0.2) is 8.78 Å². The van der Waals surface area contributed by atoms with Gasteiger partial charge < -0.3 is 10.6 Å². The van der Waals surface area contributed by atoms with Crippen LogP contribution < -0.4 is 10.6 Å². The molecule has 2 rings (SSSR count). The molecule has 0 saturated heterocycles. The first kappa shape index (κ1) is 20.0. The Morgan fingerprint density at radius 3 is 2.33 bits per heavy atom. The Labute approximate surface area is 155 Å². The molecule has 0 aliphatic rings. The molecule has 2 N–H and O–H groups in total. The lowest BCUT2D eigenvalue weighted by molar-refractivity contribution is -0.393. The Morgan fingerprint density at radius 1 is 1.04 bits per heavy atom. The molecule has 0 aliphatic carbocycles. The zero-order valence-corrected chi connectivity index (χ0v) is 14.1. The second kappa shape index (κ2) is 8.36. The molecule has 2 aromatic carbocycles. The fraction of sp³-hybridized carbons (Fsp3) is 0.133. The summed E-state index contributed by atoms with van der Waals surface area (Å²) in [7, 11) is 0. The highest BCUT2D eigenvalue weighted by Crippen LogP contribution is 2.28. The van der Waals surface area contributed by atoms with Gasteiger partial charge in [-0.1, -0.05) is 11.6 Å². The maximum absolute atomic E-state index is 13.2. The maximum Gasteiger partial charge on any atom is 0.299 e. The first-order chi connectivity index (χ1) is 12.7. The lowest BCUT2D eigenvalue weighted by Gasteiger charge is -2.09. The molecule has 2 aromatic rings. The number of hydrogen-bond acceptors (Lipinski definition) is 6. The van der Waals surface area contributed by atoms with Crippen LogP contribution in [-0.2, 0) is 0 Å². The lowest BCUT2D eigenvalue weighted by atomic mass is 10.2. The molecule has 0 radical (unpaired) electrons. The highest BCUT2D eigenvalue weighted by atomic mass is 35.5. The number of carbonyl (C=O) groups is 1. The smallest absolute Gasteiger partial charge is 0.299 e. The summed E-state index contributed by atoms with van der Waals surface area (Å²) in [6, 6.07) is 4.40. The van der Waals surface area contributed by atoms with E-state index in [0.717, 1.165) is 12.1 Å². The zero-order chi connectivity index (χ0) is 20.1. The molecule has 0 unspecified atom stereocenters. The van der Waals surface area contributed by atoms with Crippen LogP contribution in [0.5, 0.6) is 0 Å². The van der Waals surface area contributed by atoms with Crippen molar-refractivity contribution in [2.45, 2.75) is 0 Å². The van der Waals surface area contributed by atoms with Crippen molar-refractivity contribution < 1.29 is 23.4 Å². The van der Waals surface area contributed by atoms with Gasteiger partial charge in [-0.15, -0.1) is 0 Å². The Bertz CT molecular complexity index is 925. The number of rotatable bonds is 7. The lowest BCUT2D eigenvalue weighted by Crippen LogP contribution is -2.29. The number of amides is 1. The predicted octanol–water partition coefficient (Wildman–Crippen LogP) is 3.28. The molecule has 0 aromatic heterocycles. The molecule has 12 heteroatoms. The maximum atomic E-state index is 13.2. The summed E-state index contributed by atoms with van der Waals surface area (Å²) in [6.45, 7) is -0.0199. The normalized spacial score (nSPS) is 10.3. The quantitative estimate of drug-likeness (QED) is 0.318. The van der Waals surface area contributed by atoms with Crippen molar-refractivity contribution >= 4 is 34.6 Å². The fourth-order valence-corrected chi connectivity index (χ4v) is 2.34. The topological polar surface area (TPSA) is 127 Å². The SMILES string of the molecule is O=C(NCCNc1ccc([N+](=O)[O-])cc1[N+](=O)[O-])c1cc(F)c(F)cc1Cl. The largest absolute Gasteiger partial charge is 0.378 e. The second-order valence-electron chi connectivity index (χ2n) is 5.14. The van der Waals surface area contributed by atoms with Crippen LogP contribution in [-0.4, -0.2) is 28.8 Å². The van der Waals surface area contributed by atoms with E-state index < -0.39 is 38.8 Å². The summed E-state index contributed by atoms with van der Waals surface area (Å²) >= 11 is 5.69. The Kier molecular flexibility index (Phi) is 6.19. The minimum absolute atomic E-state index is 0.0192. The van der Waals surface area contributed by atoms with E-state index in [1.165, 1.54) is 6.07 Å². The predicted molar refractivity (Wildman–Crippen MR) is 91.9 cm³/mol. The number of nitro groups is 2. The summed E-state index contributed by atoms with van der Waals surface area (Å²) in [6.07, 6.45) is 0. The minimum Gasteiger partial charge on any atom is -0.378 e. The summed E-state index contributed by atoms with van der Waals surface area (Å²) in [4.78, 5) is 32.1. The molecular formula is C15H11ClF2N4O5. The second-order valence-corrected chi connectivity index (χ2v) is 5.55. The van der Waals surface area contributed by atoms with Crippen LogP contribution in [0.25, 0.3) is 0 Å². The molecule has 0 spiro atoms.